The van der Waals surface area contributed by atoms with Crippen LogP contribution in [0, 0.1) is 5.82 Å². The highest BCUT2D eigenvalue weighted by Crippen LogP contribution is 2.31. The van der Waals surface area contributed by atoms with Crippen molar-refractivity contribution in [2.24, 2.45) is 0 Å². The van der Waals surface area contributed by atoms with Gasteiger partial charge < -0.3 is 5.11 Å². The Morgan fingerprint density at radius 2 is 1.80 bits per heavy atom. The second-order valence-electron chi connectivity index (χ2n) is 4.36. The SMILES string of the molecule is OCc1cc2ccccc2nc1Sc1ccc(F)cc1. The lowest BCUT2D eigenvalue weighted by Crippen LogP contribution is -1.92. The molecule has 1 N–H and O–H groups in total. The highest BCUT2D eigenvalue weighted by molar-refractivity contribution is 7.99. The Balaban J connectivity index is 2.03. The molecule has 2 aromatic carbocycles. The maximum absolute atomic E-state index is 12.9. The van der Waals surface area contributed by atoms with Gasteiger partial charge in [0.2, 0.25) is 0 Å². The number of hydrogen-bond acceptors (Lipinski definition) is 3. The molecule has 1 heterocycles. The number of pyridine rings is 1. The van der Waals surface area contributed by atoms with Gasteiger partial charge in [0.25, 0.3) is 0 Å². The molecule has 0 aliphatic heterocycles. The average molecular weight is 285 g/mol. The molecule has 100 valence electrons. The zero-order chi connectivity index (χ0) is 13.9. The van der Waals surface area contributed by atoms with Crippen molar-refractivity contribution < 1.29 is 9.50 Å². The first-order chi connectivity index (χ1) is 9.76. The summed E-state index contributed by atoms with van der Waals surface area (Å²) in [5.41, 5.74) is 1.66. The van der Waals surface area contributed by atoms with Gasteiger partial charge in [0.05, 0.1) is 12.1 Å². The summed E-state index contributed by atoms with van der Waals surface area (Å²) in [6.45, 7) is -0.0681. The lowest BCUT2D eigenvalue weighted by molar-refractivity contribution is 0.278. The van der Waals surface area contributed by atoms with E-state index in [2.05, 4.69) is 4.98 Å². The van der Waals surface area contributed by atoms with Crippen LogP contribution in [0.25, 0.3) is 10.9 Å². The third-order valence-electron chi connectivity index (χ3n) is 2.96. The molecule has 3 aromatic rings. The van der Waals surface area contributed by atoms with Crippen LogP contribution in [0.4, 0.5) is 4.39 Å². The number of benzene rings is 2. The van der Waals surface area contributed by atoms with E-state index in [1.807, 2.05) is 30.3 Å². The minimum Gasteiger partial charge on any atom is -0.392 e. The molecule has 0 bridgehead atoms. The Morgan fingerprint density at radius 3 is 2.55 bits per heavy atom. The molecular formula is C16H12FNOS. The van der Waals surface area contributed by atoms with Crippen LogP contribution >= 0.6 is 11.8 Å². The van der Waals surface area contributed by atoms with Crippen LogP contribution in [0.1, 0.15) is 5.56 Å². The van der Waals surface area contributed by atoms with Crippen molar-refractivity contribution in [3.8, 4) is 0 Å². The second-order valence-corrected chi connectivity index (χ2v) is 5.42. The summed E-state index contributed by atoms with van der Waals surface area (Å²) in [6.07, 6.45) is 0. The van der Waals surface area contributed by atoms with Gasteiger partial charge in [-0.05, 0) is 36.4 Å². The monoisotopic (exact) mass is 285 g/mol. The molecule has 0 fully saturated rings. The summed E-state index contributed by atoms with van der Waals surface area (Å²) in [7, 11) is 0. The number of rotatable bonds is 3. The molecule has 0 radical (unpaired) electrons. The number of aliphatic hydroxyl groups excluding tert-OH is 1. The highest BCUT2D eigenvalue weighted by atomic mass is 32.2. The van der Waals surface area contributed by atoms with Crippen molar-refractivity contribution >= 4 is 22.7 Å². The molecule has 0 aliphatic rings. The Kier molecular flexibility index (Phi) is 3.67. The standard InChI is InChI=1S/C16H12FNOS/c17-13-5-7-14(8-6-13)20-16-12(10-19)9-11-3-1-2-4-15(11)18-16/h1-9,19H,10H2. The molecule has 0 unspecified atom stereocenters. The smallest absolute Gasteiger partial charge is 0.123 e. The van der Waals surface area contributed by atoms with Crippen molar-refractivity contribution in [2.75, 3.05) is 0 Å². The molecule has 0 saturated carbocycles. The number of halogens is 1. The van der Waals surface area contributed by atoms with Gasteiger partial charge in [0.1, 0.15) is 10.8 Å². The fourth-order valence-electron chi connectivity index (χ4n) is 1.96. The molecule has 0 atom stereocenters. The van der Waals surface area contributed by atoms with E-state index in [9.17, 15) is 9.50 Å². The van der Waals surface area contributed by atoms with E-state index < -0.39 is 0 Å². The molecule has 3 rings (SSSR count). The average Bonchev–Trinajstić information content (AvgIpc) is 2.49. The maximum atomic E-state index is 12.9. The van der Waals surface area contributed by atoms with Gasteiger partial charge in [-0.1, -0.05) is 30.0 Å². The Hall–Kier alpha value is -1.91. The minimum absolute atomic E-state index is 0.0681. The van der Waals surface area contributed by atoms with E-state index in [1.165, 1.54) is 23.9 Å². The number of fused-ring (bicyclic) bond motifs is 1. The number of hydrogen-bond donors (Lipinski definition) is 1. The Labute approximate surface area is 120 Å². The quantitative estimate of drug-likeness (QED) is 0.789. The summed E-state index contributed by atoms with van der Waals surface area (Å²) in [4.78, 5) is 5.47. The third-order valence-corrected chi connectivity index (χ3v) is 4.02. The first-order valence-electron chi connectivity index (χ1n) is 6.19. The van der Waals surface area contributed by atoms with Crippen LogP contribution in [-0.4, -0.2) is 10.1 Å². The summed E-state index contributed by atoms with van der Waals surface area (Å²) in [6, 6.07) is 16.0. The van der Waals surface area contributed by atoms with Gasteiger partial charge in [-0.15, -0.1) is 0 Å². The van der Waals surface area contributed by atoms with Crippen molar-refractivity contribution in [1.29, 1.82) is 0 Å². The molecule has 0 saturated heterocycles. The van der Waals surface area contributed by atoms with Crippen LogP contribution in [0.15, 0.2) is 64.5 Å². The number of aromatic nitrogens is 1. The molecule has 0 aliphatic carbocycles. The number of nitrogens with zero attached hydrogens (tertiary/aromatic N) is 1. The molecule has 1 aromatic heterocycles. The van der Waals surface area contributed by atoms with E-state index in [0.717, 1.165) is 26.4 Å². The van der Waals surface area contributed by atoms with Crippen LogP contribution < -0.4 is 0 Å². The van der Waals surface area contributed by atoms with Crippen LogP contribution in [0.3, 0.4) is 0 Å². The van der Waals surface area contributed by atoms with Gasteiger partial charge in [-0.2, -0.15) is 0 Å². The zero-order valence-electron chi connectivity index (χ0n) is 10.6. The van der Waals surface area contributed by atoms with Crippen LogP contribution in [0.2, 0.25) is 0 Å². The van der Waals surface area contributed by atoms with Crippen molar-refractivity contribution in [2.45, 2.75) is 16.5 Å². The lowest BCUT2D eigenvalue weighted by atomic mass is 10.2. The predicted molar refractivity (Wildman–Crippen MR) is 78.2 cm³/mol. The third kappa shape index (κ3) is 2.66. The fourth-order valence-corrected chi connectivity index (χ4v) is 2.85. The van der Waals surface area contributed by atoms with Crippen molar-refractivity contribution in [1.82, 2.24) is 4.98 Å². The van der Waals surface area contributed by atoms with E-state index in [1.54, 1.807) is 12.1 Å². The molecule has 4 heteroatoms. The summed E-state index contributed by atoms with van der Waals surface area (Å²) in [5.74, 6) is -0.261. The molecular weight excluding hydrogens is 273 g/mol. The molecule has 2 nitrogen and oxygen atoms in total. The number of para-hydroxylation sites is 1. The lowest BCUT2D eigenvalue weighted by Gasteiger charge is -2.08. The first-order valence-corrected chi connectivity index (χ1v) is 7.01. The second kappa shape index (κ2) is 5.61. The van der Waals surface area contributed by atoms with Crippen molar-refractivity contribution in [3.05, 3.63) is 66.0 Å². The molecule has 0 amide bonds. The summed E-state index contributed by atoms with van der Waals surface area (Å²) < 4.78 is 12.9. The van der Waals surface area contributed by atoms with Gasteiger partial charge in [0.15, 0.2) is 0 Å². The van der Waals surface area contributed by atoms with Gasteiger partial charge >= 0.3 is 0 Å². The van der Waals surface area contributed by atoms with E-state index in [-0.39, 0.29) is 12.4 Å². The van der Waals surface area contributed by atoms with Crippen LogP contribution in [-0.2, 0) is 6.61 Å². The largest absolute Gasteiger partial charge is 0.392 e. The van der Waals surface area contributed by atoms with E-state index >= 15 is 0 Å². The summed E-state index contributed by atoms with van der Waals surface area (Å²) >= 11 is 1.42. The van der Waals surface area contributed by atoms with Crippen molar-refractivity contribution in [3.63, 3.8) is 0 Å². The fraction of sp³-hybridized carbons (Fsp3) is 0.0625. The van der Waals surface area contributed by atoms with Gasteiger partial charge in [-0.25, -0.2) is 9.37 Å². The topological polar surface area (TPSA) is 33.1 Å². The molecule has 0 spiro atoms. The van der Waals surface area contributed by atoms with E-state index in [0.29, 0.717) is 0 Å². The summed E-state index contributed by atoms with van der Waals surface area (Å²) in [5, 5.41) is 11.2. The Morgan fingerprint density at radius 1 is 1.05 bits per heavy atom. The predicted octanol–water partition coefficient (Wildman–Crippen LogP) is 4.02. The normalized spacial score (nSPS) is 10.9. The van der Waals surface area contributed by atoms with E-state index in [4.69, 9.17) is 0 Å². The van der Waals surface area contributed by atoms with Crippen LogP contribution in [0.5, 0.6) is 0 Å². The maximum Gasteiger partial charge on any atom is 0.123 e. The minimum atomic E-state index is -0.261. The zero-order valence-corrected chi connectivity index (χ0v) is 11.4. The van der Waals surface area contributed by atoms with Gasteiger partial charge in [-0.3, -0.25) is 0 Å². The highest BCUT2D eigenvalue weighted by Gasteiger charge is 2.08. The first kappa shape index (κ1) is 13.1. The van der Waals surface area contributed by atoms with Gasteiger partial charge in [0, 0.05) is 15.8 Å². The number of aliphatic hydroxyl groups is 1. The molecule has 20 heavy (non-hydrogen) atoms. The Bertz CT molecular complexity index is 743.